The zero-order chi connectivity index (χ0) is 13.2. The minimum Gasteiger partial charge on any atom is -0.391 e. The Morgan fingerprint density at radius 2 is 1.89 bits per heavy atom. The van der Waals surface area contributed by atoms with E-state index >= 15 is 0 Å². The van der Waals surface area contributed by atoms with Crippen LogP contribution in [0.3, 0.4) is 0 Å². The van der Waals surface area contributed by atoms with E-state index in [-0.39, 0.29) is 6.04 Å². The van der Waals surface area contributed by atoms with Crippen molar-refractivity contribution in [3.63, 3.8) is 0 Å². The van der Waals surface area contributed by atoms with E-state index in [1.165, 1.54) is 6.26 Å². The van der Waals surface area contributed by atoms with Gasteiger partial charge < -0.3 is 10.4 Å². The van der Waals surface area contributed by atoms with Crippen LogP contribution in [0, 0.1) is 0 Å². The van der Waals surface area contributed by atoms with Gasteiger partial charge in [0.05, 0.1) is 22.7 Å². The van der Waals surface area contributed by atoms with Gasteiger partial charge >= 0.3 is 0 Å². The zero-order valence-electron chi connectivity index (χ0n) is 10.5. The highest BCUT2D eigenvalue weighted by molar-refractivity contribution is 7.90. The molecule has 0 saturated heterocycles. The summed E-state index contributed by atoms with van der Waals surface area (Å²) in [6.45, 7) is 0. The van der Waals surface area contributed by atoms with Crippen LogP contribution in [0.15, 0.2) is 29.2 Å². The molecule has 2 unspecified atom stereocenters. The van der Waals surface area contributed by atoms with Crippen molar-refractivity contribution < 1.29 is 13.5 Å². The van der Waals surface area contributed by atoms with Crippen LogP contribution in [0.2, 0.25) is 0 Å². The van der Waals surface area contributed by atoms with E-state index < -0.39 is 15.9 Å². The number of hydrogen-bond donors (Lipinski definition) is 2. The Morgan fingerprint density at radius 3 is 2.56 bits per heavy atom. The van der Waals surface area contributed by atoms with Crippen molar-refractivity contribution in [3.05, 3.63) is 24.3 Å². The summed E-state index contributed by atoms with van der Waals surface area (Å²) in [6, 6.07) is 6.79. The number of benzene rings is 1. The van der Waals surface area contributed by atoms with Crippen LogP contribution in [-0.4, -0.2) is 31.9 Å². The minimum absolute atomic E-state index is 0.0540. The molecule has 2 atom stereocenters. The van der Waals surface area contributed by atoms with Gasteiger partial charge in [-0.1, -0.05) is 25.0 Å². The molecule has 18 heavy (non-hydrogen) atoms. The molecule has 0 bridgehead atoms. The molecule has 1 saturated carbocycles. The Balaban J connectivity index is 2.24. The molecular formula is C13H19NO3S. The Hall–Kier alpha value is -1.07. The van der Waals surface area contributed by atoms with E-state index in [9.17, 15) is 13.5 Å². The SMILES string of the molecule is CS(=O)(=O)c1ccccc1NC1CCCCC1O. The Morgan fingerprint density at radius 1 is 1.22 bits per heavy atom. The van der Waals surface area contributed by atoms with Gasteiger partial charge in [0.15, 0.2) is 9.84 Å². The highest BCUT2D eigenvalue weighted by Gasteiger charge is 2.24. The van der Waals surface area contributed by atoms with Crippen LogP contribution in [0.25, 0.3) is 0 Å². The summed E-state index contributed by atoms with van der Waals surface area (Å²) in [5.41, 5.74) is 0.589. The third-order valence-corrected chi connectivity index (χ3v) is 4.51. The van der Waals surface area contributed by atoms with Crippen molar-refractivity contribution in [1.82, 2.24) is 0 Å². The number of nitrogens with one attached hydrogen (secondary N) is 1. The first-order valence-electron chi connectivity index (χ1n) is 6.22. The van der Waals surface area contributed by atoms with Gasteiger partial charge in [-0.25, -0.2) is 8.42 Å². The molecule has 1 aromatic rings. The Bertz CT molecular complexity index is 513. The average molecular weight is 269 g/mol. The van der Waals surface area contributed by atoms with Crippen molar-refractivity contribution in [2.24, 2.45) is 0 Å². The summed E-state index contributed by atoms with van der Waals surface area (Å²) < 4.78 is 23.3. The molecule has 1 fully saturated rings. The molecule has 5 heteroatoms. The van der Waals surface area contributed by atoms with Crippen molar-refractivity contribution in [2.45, 2.75) is 42.7 Å². The molecule has 2 N–H and O–H groups in total. The number of anilines is 1. The number of rotatable bonds is 3. The first-order chi connectivity index (χ1) is 8.48. The predicted octanol–water partition coefficient (Wildman–Crippen LogP) is 1.81. The zero-order valence-corrected chi connectivity index (χ0v) is 11.3. The summed E-state index contributed by atoms with van der Waals surface area (Å²) in [5.74, 6) is 0. The average Bonchev–Trinajstić information content (AvgIpc) is 2.31. The molecule has 2 rings (SSSR count). The van der Waals surface area contributed by atoms with E-state index in [4.69, 9.17) is 0 Å². The maximum atomic E-state index is 11.7. The van der Waals surface area contributed by atoms with Gasteiger partial charge in [0.2, 0.25) is 0 Å². The second kappa shape index (κ2) is 5.28. The first kappa shape index (κ1) is 13.4. The van der Waals surface area contributed by atoms with E-state index in [0.717, 1.165) is 25.7 Å². The third kappa shape index (κ3) is 3.03. The quantitative estimate of drug-likeness (QED) is 0.878. The normalized spacial score (nSPS) is 24.8. The van der Waals surface area contributed by atoms with Gasteiger partial charge in [0.25, 0.3) is 0 Å². The summed E-state index contributed by atoms with van der Waals surface area (Å²) >= 11 is 0. The molecule has 0 radical (unpaired) electrons. The van der Waals surface area contributed by atoms with Crippen molar-refractivity contribution in [3.8, 4) is 0 Å². The predicted molar refractivity (Wildman–Crippen MR) is 71.4 cm³/mol. The van der Waals surface area contributed by atoms with Crippen LogP contribution in [0.4, 0.5) is 5.69 Å². The van der Waals surface area contributed by atoms with Gasteiger partial charge in [0, 0.05) is 6.26 Å². The molecule has 0 heterocycles. The second-order valence-corrected chi connectivity index (χ2v) is 6.86. The van der Waals surface area contributed by atoms with E-state index in [0.29, 0.717) is 10.6 Å². The van der Waals surface area contributed by atoms with Crippen LogP contribution < -0.4 is 5.32 Å². The van der Waals surface area contributed by atoms with Gasteiger partial charge in [0.1, 0.15) is 0 Å². The largest absolute Gasteiger partial charge is 0.391 e. The number of aliphatic hydroxyl groups excluding tert-OH is 1. The second-order valence-electron chi connectivity index (χ2n) is 4.87. The van der Waals surface area contributed by atoms with Gasteiger partial charge in [-0.05, 0) is 25.0 Å². The smallest absolute Gasteiger partial charge is 0.177 e. The molecule has 0 amide bonds. The summed E-state index contributed by atoms with van der Waals surface area (Å²) in [4.78, 5) is 0.294. The Kier molecular flexibility index (Phi) is 3.92. The van der Waals surface area contributed by atoms with E-state index in [1.54, 1.807) is 24.3 Å². The standard InChI is InChI=1S/C13H19NO3S/c1-18(16,17)13-9-5-3-7-11(13)14-10-6-2-4-8-12(10)15/h3,5,7,9-10,12,14-15H,2,4,6,8H2,1H3. The molecule has 1 aromatic carbocycles. The molecule has 1 aliphatic carbocycles. The Labute approximate surface area is 108 Å². The minimum atomic E-state index is -3.25. The highest BCUT2D eigenvalue weighted by atomic mass is 32.2. The van der Waals surface area contributed by atoms with Crippen LogP contribution in [0.1, 0.15) is 25.7 Å². The topological polar surface area (TPSA) is 66.4 Å². The molecule has 0 aliphatic heterocycles. The molecule has 100 valence electrons. The maximum Gasteiger partial charge on any atom is 0.177 e. The number of para-hydroxylation sites is 1. The van der Waals surface area contributed by atoms with Crippen molar-refractivity contribution in [1.29, 1.82) is 0 Å². The fourth-order valence-corrected chi connectivity index (χ4v) is 3.24. The lowest BCUT2D eigenvalue weighted by atomic mass is 9.92. The summed E-state index contributed by atoms with van der Waals surface area (Å²) in [5, 5.41) is 13.1. The van der Waals surface area contributed by atoms with Gasteiger partial charge in [-0.3, -0.25) is 0 Å². The van der Waals surface area contributed by atoms with Crippen molar-refractivity contribution in [2.75, 3.05) is 11.6 Å². The lowest BCUT2D eigenvalue weighted by Crippen LogP contribution is -2.36. The van der Waals surface area contributed by atoms with Crippen LogP contribution in [-0.2, 0) is 9.84 Å². The molecule has 0 aromatic heterocycles. The number of sulfone groups is 1. The third-order valence-electron chi connectivity index (χ3n) is 3.36. The van der Waals surface area contributed by atoms with Crippen LogP contribution >= 0.6 is 0 Å². The molecule has 4 nitrogen and oxygen atoms in total. The monoisotopic (exact) mass is 269 g/mol. The fourth-order valence-electron chi connectivity index (χ4n) is 2.39. The number of hydrogen-bond acceptors (Lipinski definition) is 4. The lowest BCUT2D eigenvalue weighted by Gasteiger charge is -2.29. The van der Waals surface area contributed by atoms with Gasteiger partial charge in [-0.2, -0.15) is 0 Å². The van der Waals surface area contributed by atoms with E-state index in [1.807, 2.05) is 0 Å². The number of aliphatic hydroxyl groups is 1. The first-order valence-corrected chi connectivity index (χ1v) is 8.11. The fraction of sp³-hybridized carbons (Fsp3) is 0.538. The summed E-state index contributed by atoms with van der Waals surface area (Å²) in [6.07, 6.45) is 4.55. The maximum absolute atomic E-state index is 11.7. The van der Waals surface area contributed by atoms with Crippen LogP contribution in [0.5, 0.6) is 0 Å². The molecule has 1 aliphatic rings. The van der Waals surface area contributed by atoms with Gasteiger partial charge in [-0.15, -0.1) is 0 Å². The molecule has 0 spiro atoms. The van der Waals surface area contributed by atoms with E-state index in [2.05, 4.69) is 5.32 Å². The molecular weight excluding hydrogens is 250 g/mol. The summed E-state index contributed by atoms with van der Waals surface area (Å²) in [7, 11) is -3.25. The van der Waals surface area contributed by atoms with Crippen molar-refractivity contribution >= 4 is 15.5 Å². The highest BCUT2D eigenvalue weighted by Crippen LogP contribution is 2.26. The lowest BCUT2D eigenvalue weighted by molar-refractivity contribution is 0.116.